The van der Waals surface area contributed by atoms with Crippen LogP contribution >= 0.6 is 0 Å². The predicted molar refractivity (Wildman–Crippen MR) is 93.6 cm³/mol. The lowest BCUT2D eigenvalue weighted by molar-refractivity contribution is -0.114. The fraction of sp³-hybridized carbons (Fsp3) is 0.176. The summed E-state index contributed by atoms with van der Waals surface area (Å²) < 4.78 is 10.9. The van der Waals surface area contributed by atoms with Crippen LogP contribution < -0.4 is 25.4 Å². The van der Waals surface area contributed by atoms with Gasteiger partial charge in [0.15, 0.2) is 5.75 Å². The van der Waals surface area contributed by atoms with Gasteiger partial charge in [0.05, 0.1) is 18.5 Å². The van der Waals surface area contributed by atoms with Gasteiger partial charge in [-0.3, -0.25) is 4.79 Å². The molecule has 2 aromatic rings. The summed E-state index contributed by atoms with van der Waals surface area (Å²) in [5, 5.41) is 17.5. The molecule has 8 heteroatoms. The standard InChI is InChI=1S/C17H19N3O5/c1-10(21)19-13-9-16(14(8-15(13)22)20-17(23)18-2)25-12-6-4-11(24-3)5-7-12/h4-9,22H,1-3H3,(H,19,21)(H2,18,20,23). The van der Waals surface area contributed by atoms with Gasteiger partial charge in [-0.15, -0.1) is 0 Å². The first-order valence-electron chi connectivity index (χ1n) is 7.38. The molecule has 0 fully saturated rings. The summed E-state index contributed by atoms with van der Waals surface area (Å²) in [7, 11) is 3.02. The Morgan fingerprint density at radius 1 is 1.00 bits per heavy atom. The quantitative estimate of drug-likeness (QED) is 0.623. The summed E-state index contributed by atoms with van der Waals surface area (Å²) >= 11 is 0. The molecule has 0 saturated heterocycles. The highest BCUT2D eigenvalue weighted by Gasteiger charge is 2.14. The van der Waals surface area contributed by atoms with Gasteiger partial charge >= 0.3 is 6.03 Å². The normalized spacial score (nSPS) is 9.88. The molecule has 0 unspecified atom stereocenters. The molecule has 132 valence electrons. The van der Waals surface area contributed by atoms with Crippen LogP contribution in [-0.2, 0) is 4.79 Å². The number of hydrogen-bond donors (Lipinski definition) is 4. The minimum absolute atomic E-state index is 0.165. The fourth-order valence-electron chi connectivity index (χ4n) is 2.00. The molecule has 0 atom stereocenters. The third-order valence-corrected chi connectivity index (χ3v) is 3.17. The molecule has 0 aliphatic heterocycles. The van der Waals surface area contributed by atoms with E-state index in [9.17, 15) is 14.7 Å². The number of carbonyl (C=O) groups is 2. The topological polar surface area (TPSA) is 109 Å². The van der Waals surface area contributed by atoms with E-state index in [2.05, 4.69) is 16.0 Å². The van der Waals surface area contributed by atoms with Crippen LogP contribution in [0.1, 0.15) is 6.92 Å². The Labute approximate surface area is 144 Å². The summed E-state index contributed by atoms with van der Waals surface area (Å²) in [5.74, 6) is 0.845. The average Bonchev–Trinajstić information content (AvgIpc) is 2.59. The third-order valence-electron chi connectivity index (χ3n) is 3.17. The summed E-state index contributed by atoms with van der Waals surface area (Å²) in [6.45, 7) is 1.32. The van der Waals surface area contributed by atoms with Crippen molar-refractivity contribution in [1.82, 2.24) is 5.32 Å². The number of nitrogens with one attached hydrogen (secondary N) is 3. The molecule has 0 aliphatic rings. The van der Waals surface area contributed by atoms with Crippen LogP contribution in [0.5, 0.6) is 23.0 Å². The van der Waals surface area contributed by atoms with Gasteiger partial charge < -0.3 is 30.5 Å². The molecule has 0 spiro atoms. The Bertz CT molecular complexity index is 775. The van der Waals surface area contributed by atoms with Gasteiger partial charge in [-0.1, -0.05) is 0 Å². The highest BCUT2D eigenvalue weighted by atomic mass is 16.5. The number of urea groups is 1. The highest BCUT2D eigenvalue weighted by Crippen LogP contribution is 2.38. The molecule has 4 N–H and O–H groups in total. The maximum Gasteiger partial charge on any atom is 0.319 e. The maximum absolute atomic E-state index is 11.6. The monoisotopic (exact) mass is 345 g/mol. The van der Waals surface area contributed by atoms with Crippen molar-refractivity contribution in [2.75, 3.05) is 24.8 Å². The van der Waals surface area contributed by atoms with E-state index < -0.39 is 6.03 Å². The van der Waals surface area contributed by atoms with Crippen LogP contribution in [0, 0.1) is 0 Å². The number of methoxy groups -OCH3 is 1. The van der Waals surface area contributed by atoms with Crippen LogP contribution in [0.3, 0.4) is 0 Å². The van der Waals surface area contributed by atoms with Crippen LogP contribution in [-0.4, -0.2) is 31.2 Å². The summed E-state index contributed by atoms with van der Waals surface area (Å²) in [6.07, 6.45) is 0. The molecule has 2 rings (SSSR count). The van der Waals surface area contributed by atoms with Gasteiger partial charge in [0, 0.05) is 26.1 Å². The average molecular weight is 345 g/mol. The second kappa shape index (κ2) is 7.91. The van der Waals surface area contributed by atoms with Crippen molar-refractivity contribution in [3.63, 3.8) is 0 Å². The Hall–Kier alpha value is -3.42. The van der Waals surface area contributed by atoms with E-state index in [-0.39, 0.29) is 28.8 Å². The fourth-order valence-corrected chi connectivity index (χ4v) is 2.00. The lowest BCUT2D eigenvalue weighted by Crippen LogP contribution is -2.24. The van der Waals surface area contributed by atoms with Crippen molar-refractivity contribution in [2.45, 2.75) is 6.92 Å². The number of phenolic OH excluding ortho intramolecular Hbond substituents is 1. The Kier molecular flexibility index (Phi) is 5.67. The second-order valence-corrected chi connectivity index (χ2v) is 5.03. The van der Waals surface area contributed by atoms with Gasteiger partial charge in [0.25, 0.3) is 0 Å². The number of hydrogen-bond acceptors (Lipinski definition) is 5. The smallest absolute Gasteiger partial charge is 0.319 e. The first kappa shape index (κ1) is 17.9. The minimum Gasteiger partial charge on any atom is -0.506 e. The molecular weight excluding hydrogens is 326 g/mol. The van der Waals surface area contributed by atoms with E-state index in [1.54, 1.807) is 31.4 Å². The van der Waals surface area contributed by atoms with Gasteiger partial charge in [-0.2, -0.15) is 0 Å². The lowest BCUT2D eigenvalue weighted by Gasteiger charge is -2.15. The van der Waals surface area contributed by atoms with E-state index >= 15 is 0 Å². The first-order chi connectivity index (χ1) is 11.9. The lowest BCUT2D eigenvalue weighted by atomic mass is 10.2. The molecule has 0 aliphatic carbocycles. The zero-order chi connectivity index (χ0) is 18.4. The van der Waals surface area contributed by atoms with Crippen molar-refractivity contribution < 1.29 is 24.2 Å². The van der Waals surface area contributed by atoms with E-state index in [0.717, 1.165) is 0 Å². The van der Waals surface area contributed by atoms with Crippen molar-refractivity contribution in [1.29, 1.82) is 0 Å². The summed E-state index contributed by atoms with van der Waals surface area (Å²) in [4.78, 5) is 22.9. The first-order valence-corrected chi connectivity index (χ1v) is 7.38. The number of benzene rings is 2. The van der Waals surface area contributed by atoms with Crippen molar-refractivity contribution in [3.05, 3.63) is 36.4 Å². The number of ether oxygens (including phenoxy) is 2. The van der Waals surface area contributed by atoms with Crippen LogP contribution in [0.25, 0.3) is 0 Å². The van der Waals surface area contributed by atoms with Gasteiger partial charge in [0.2, 0.25) is 5.91 Å². The molecule has 0 aromatic heterocycles. The molecule has 2 aromatic carbocycles. The molecule has 0 heterocycles. The molecule has 25 heavy (non-hydrogen) atoms. The van der Waals surface area contributed by atoms with Gasteiger partial charge in [0.1, 0.15) is 17.2 Å². The molecule has 0 radical (unpaired) electrons. The number of amides is 3. The number of aromatic hydroxyl groups is 1. The van der Waals surface area contributed by atoms with Gasteiger partial charge in [-0.05, 0) is 24.3 Å². The Morgan fingerprint density at radius 3 is 2.20 bits per heavy atom. The zero-order valence-corrected chi connectivity index (χ0v) is 14.0. The molecule has 8 nitrogen and oxygen atoms in total. The van der Waals surface area contributed by atoms with E-state index in [4.69, 9.17) is 9.47 Å². The van der Waals surface area contributed by atoms with Crippen LogP contribution in [0.4, 0.5) is 16.2 Å². The number of rotatable bonds is 5. The van der Waals surface area contributed by atoms with E-state index in [1.807, 2.05) is 0 Å². The van der Waals surface area contributed by atoms with Crippen molar-refractivity contribution in [3.8, 4) is 23.0 Å². The Balaban J connectivity index is 2.38. The molecular formula is C17H19N3O5. The van der Waals surface area contributed by atoms with E-state index in [1.165, 1.54) is 26.1 Å². The zero-order valence-electron chi connectivity index (χ0n) is 14.0. The maximum atomic E-state index is 11.6. The summed E-state index contributed by atoms with van der Waals surface area (Å²) in [5.41, 5.74) is 0.403. The highest BCUT2D eigenvalue weighted by molar-refractivity contribution is 5.95. The Morgan fingerprint density at radius 2 is 1.64 bits per heavy atom. The molecule has 0 saturated carbocycles. The van der Waals surface area contributed by atoms with Crippen LogP contribution in [0.15, 0.2) is 36.4 Å². The summed E-state index contributed by atoms with van der Waals surface area (Å²) in [6, 6.07) is 9.05. The van der Waals surface area contributed by atoms with Crippen LogP contribution in [0.2, 0.25) is 0 Å². The van der Waals surface area contributed by atoms with E-state index in [0.29, 0.717) is 11.5 Å². The minimum atomic E-state index is -0.480. The van der Waals surface area contributed by atoms with Gasteiger partial charge in [-0.25, -0.2) is 4.79 Å². The number of anilines is 2. The molecule has 0 bridgehead atoms. The number of phenols is 1. The third kappa shape index (κ3) is 4.77. The van der Waals surface area contributed by atoms with Crippen molar-refractivity contribution >= 4 is 23.3 Å². The molecule has 3 amide bonds. The van der Waals surface area contributed by atoms with Crippen molar-refractivity contribution in [2.24, 2.45) is 0 Å². The predicted octanol–water partition coefficient (Wildman–Crippen LogP) is 2.90. The largest absolute Gasteiger partial charge is 0.506 e. The number of carbonyl (C=O) groups excluding carboxylic acids is 2. The second-order valence-electron chi connectivity index (χ2n) is 5.03. The SMILES string of the molecule is CNC(=O)Nc1cc(O)c(NC(C)=O)cc1Oc1ccc(OC)cc1.